The van der Waals surface area contributed by atoms with E-state index in [1.54, 1.807) is 19.9 Å². The molecule has 0 aliphatic carbocycles. The molecule has 112 valence electrons. The van der Waals surface area contributed by atoms with Gasteiger partial charge in [-0.25, -0.2) is 13.2 Å². The minimum absolute atomic E-state index is 0.0220. The van der Waals surface area contributed by atoms with Crippen LogP contribution in [0.2, 0.25) is 0 Å². The molecule has 1 N–H and O–H groups in total. The zero-order valence-corrected chi connectivity index (χ0v) is 13.1. The van der Waals surface area contributed by atoms with Crippen molar-refractivity contribution in [1.82, 2.24) is 4.90 Å². The maximum absolute atomic E-state index is 12.3. The van der Waals surface area contributed by atoms with Gasteiger partial charge in [-0.3, -0.25) is 0 Å². The minimum atomic E-state index is -3.45. The lowest BCUT2D eigenvalue weighted by atomic mass is 10.1. The molecule has 0 unspecified atom stereocenters. The SMILES string of the molecule is Cc1cc(C)c(S(=O)(=O)CCCN(C)C)cc1C(=O)O. The van der Waals surface area contributed by atoms with Crippen molar-refractivity contribution in [2.75, 3.05) is 26.4 Å². The fourth-order valence-corrected chi connectivity index (χ4v) is 3.65. The van der Waals surface area contributed by atoms with Crippen molar-refractivity contribution in [2.24, 2.45) is 0 Å². The van der Waals surface area contributed by atoms with Gasteiger partial charge in [0.2, 0.25) is 0 Å². The summed E-state index contributed by atoms with van der Waals surface area (Å²) in [6, 6.07) is 2.89. The number of rotatable bonds is 6. The van der Waals surface area contributed by atoms with Gasteiger partial charge < -0.3 is 10.0 Å². The first kappa shape index (κ1) is 16.7. The summed E-state index contributed by atoms with van der Waals surface area (Å²) in [7, 11) is 0.313. The van der Waals surface area contributed by atoms with Crippen LogP contribution in [-0.4, -0.2) is 50.8 Å². The average molecular weight is 299 g/mol. The van der Waals surface area contributed by atoms with Gasteiger partial charge in [-0.2, -0.15) is 0 Å². The van der Waals surface area contributed by atoms with Crippen molar-refractivity contribution in [1.29, 1.82) is 0 Å². The summed E-state index contributed by atoms with van der Waals surface area (Å²) in [5, 5.41) is 9.09. The van der Waals surface area contributed by atoms with Gasteiger partial charge in [0, 0.05) is 0 Å². The van der Waals surface area contributed by atoms with Crippen LogP contribution in [0.5, 0.6) is 0 Å². The molecule has 1 aromatic rings. The molecule has 0 saturated heterocycles. The first-order valence-electron chi connectivity index (χ1n) is 6.37. The smallest absolute Gasteiger partial charge is 0.335 e. The second kappa shape index (κ2) is 6.37. The van der Waals surface area contributed by atoms with E-state index in [2.05, 4.69) is 0 Å². The quantitative estimate of drug-likeness (QED) is 0.866. The van der Waals surface area contributed by atoms with E-state index in [-0.39, 0.29) is 16.2 Å². The molecule has 0 atom stereocenters. The molecule has 6 heteroatoms. The monoisotopic (exact) mass is 299 g/mol. The Morgan fingerprint density at radius 1 is 1.20 bits per heavy atom. The van der Waals surface area contributed by atoms with E-state index in [0.29, 0.717) is 24.1 Å². The summed E-state index contributed by atoms with van der Waals surface area (Å²) in [5.74, 6) is -1.08. The second-order valence-electron chi connectivity index (χ2n) is 5.21. The lowest BCUT2D eigenvalue weighted by Crippen LogP contribution is -2.18. The predicted molar refractivity (Wildman–Crippen MR) is 78.1 cm³/mol. The average Bonchev–Trinajstić information content (AvgIpc) is 2.26. The summed E-state index contributed by atoms with van der Waals surface area (Å²) in [5.41, 5.74) is 1.21. The Morgan fingerprint density at radius 3 is 2.30 bits per heavy atom. The lowest BCUT2D eigenvalue weighted by Gasteiger charge is -2.12. The van der Waals surface area contributed by atoms with E-state index in [9.17, 15) is 13.2 Å². The maximum atomic E-state index is 12.3. The summed E-state index contributed by atoms with van der Waals surface area (Å²) in [6.45, 7) is 4.03. The van der Waals surface area contributed by atoms with Gasteiger partial charge in [-0.1, -0.05) is 6.07 Å². The normalized spacial score (nSPS) is 11.8. The summed E-state index contributed by atoms with van der Waals surface area (Å²) >= 11 is 0. The van der Waals surface area contributed by atoms with Crippen LogP contribution in [0.15, 0.2) is 17.0 Å². The van der Waals surface area contributed by atoms with Crippen molar-refractivity contribution >= 4 is 15.8 Å². The van der Waals surface area contributed by atoms with Crippen LogP contribution in [0.3, 0.4) is 0 Å². The Labute approximate surface area is 120 Å². The van der Waals surface area contributed by atoms with Crippen LogP contribution >= 0.6 is 0 Å². The van der Waals surface area contributed by atoms with E-state index in [1.807, 2.05) is 19.0 Å². The molecular formula is C14H21NO4S. The molecule has 0 amide bonds. The molecule has 0 aliphatic rings. The van der Waals surface area contributed by atoms with Crippen LogP contribution in [-0.2, 0) is 9.84 Å². The number of hydrogen-bond acceptors (Lipinski definition) is 4. The fourth-order valence-electron chi connectivity index (χ4n) is 2.08. The molecule has 0 aliphatic heterocycles. The van der Waals surface area contributed by atoms with Gasteiger partial charge in [-0.15, -0.1) is 0 Å². The molecule has 0 saturated carbocycles. The van der Waals surface area contributed by atoms with Gasteiger partial charge >= 0.3 is 5.97 Å². The molecule has 1 rings (SSSR count). The van der Waals surface area contributed by atoms with Crippen LogP contribution in [0, 0.1) is 13.8 Å². The number of hydrogen-bond donors (Lipinski definition) is 1. The van der Waals surface area contributed by atoms with Crippen LogP contribution in [0.4, 0.5) is 0 Å². The van der Waals surface area contributed by atoms with E-state index in [4.69, 9.17) is 5.11 Å². The molecule has 0 fully saturated rings. The number of benzene rings is 1. The Kier molecular flexibility index (Phi) is 5.30. The number of aryl methyl sites for hydroxylation is 2. The summed E-state index contributed by atoms with van der Waals surface area (Å²) in [4.78, 5) is 13.2. The van der Waals surface area contributed by atoms with E-state index < -0.39 is 15.8 Å². The minimum Gasteiger partial charge on any atom is -0.478 e. The topological polar surface area (TPSA) is 74.7 Å². The van der Waals surface area contributed by atoms with Gasteiger partial charge in [0.15, 0.2) is 9.84 Å². The lowest BCUT2D eigenvalue weighted by molar-refractivity contribution is 0.0696. The Balaban J connectivity index is 3.11. The van der Waals surface area contributed by atoms with Crippen LogP contribution in [0.1, 0.15) is 27.9 Å². The van der Waals surface area contributed by atoms with Crippen molar-refractivity contribution in [3.8, 4) is 0 Å². The highest BCUT2D eigenvalue weighted by Crippen LogP contribution is 2.22. The van der Waals surface area contributed by atoms with Gasteiger partial charge in [0.1, 0.15) is 0 Å². The molecule has 20 heavy (non-hydrogen) atoms. The number of carboxylic acid groups (broad SMARTS) is 1. The van der Waals surface area contributed by atoms with E-state index in [1.165, 1.54) is 6.07 Å². The molecule has 0 spiro atoms. The second-order valence-corrected chi connectivity index (χ2v) is 7.29. The third-order valence-corrected chi connectivity index (χ3v) is 5.04. The van der Waals surface area contributed by atoms with E-state index in [0.717, 1.165) is 0 Å². The third kappa shape index (κ3) is 4.05. The largest absolute Gasteiger partial charge is 0.478 e. The summed E-state index contributed by atoms with van der Waals surface area (Å²) < 4.78 is 24.6. The van der Waals surface area contributed by atoms with Gasteiger partial charge in [0.25, 0.3) is 0 Å². The molecule has 5 nitrogen and oxygen atoms in total. The molecule has 0 aromatic heterocycles. The number of carbonyl (C=O) groups is 1. The molecule has 0 radical (unpaired) electrons. The highest BCUT2D eigenvalue weighted by molar-refractivity contribution is 7.91. The third-order valence-electron chi connectivity index (χ3n) is 3.11. The first-order valence-corrected chi connectivity index (χ1v) is 8.02. The van der Waals surface area contributed by atoms with Crippen molar-refractivity contribution in [2.45, 2.75) is 25.2 Å². The number of sulfone groups is 1. The van der Waals surface area contributed by atoms with Gasteiger partial charge in [-0.05, 0) is 58.1 Å². The van der Waals surface area contributed by atoms with Crippen molar-refractivity contribution in [3.63, 3.8) is 0 Å². The Hall–Kier alpha value is -1.40. The standard InChI is InChI=1S/C14H21NO4S/c1-10-8-11(2)13(9-12(10)14(16)17)20(18,19)7-5-6-15(3)4/h8-9H,5-7H2,1-4H3,(H,16,17). The molecule has 0 heterocycles. The molecule has 1 aromatic carbocycles. The highest BCUT2D eigenvalue weighted by atomic mass is 32.2. The predicted octanol–water partition coefficient (Wildman–Crippen LogP) is 1.73. The fraction of sp³-hybridized carbons (Fsp3) is 0.500. The first-order chi connectivity index (χ1) is 9.15. The zero-order valence-electron chi connectivity index (χ0n) is 12.3. The summed E-state index contributed by atoms with van der Waals surface area (Å²) in [6.07, 6.45) is 0.519. The number of nitrogens with zero attached hydrogens (tertiary/aromatic N) is 1. The maximum Gasteiger partial charge on any atom is 0.335 e. The Morgan fingerprint density at radius 2 is 1.80 bits per heavy atom. The van der Waals surface area contributed by atoms with Crippen molar-refractivity contribution in [3.05, 3.63) is 28.8 Å². The Bertz CT molecular complexity index is 606. The van der Waals surface area contributed by atoms with E-state index >= 15 is 0 Å². The highest BCUT2D eigenvalue weighted by Gasteiger charge is 2.20. The van der Waals surface area contributed by atoms with Crippen LogP contribution in [0.25, 0.3) is 0 Å². The zero-order chi connectivity index (χ0) is 15.5. The van der Waals surface area contributed by atoms with Crippen LogP contribution < -0.4 is 0 Å². The van der Waals surface area contributed by atoms with Crippen molar-refractivity contribution < 1.29 is 18.3 Å². The molecule has 0 bridgehead atoms. The number of carboxylic acids is 1. The molecular weight excluding hydrogens is 278 g/mol. The van der Waals surface area contributed by atoms with Gasteiger partial charge in [0.05, 0.1) is 16.2 Å². The number of aromatic carboxylic acids is 1.